The monoisotopic (exact) mass is 365 g/mol. The van der Waals surface area contributed by atoms with Gasteiger partial charge in [-0.1, -0.05) is 12.1 Å². The molecule has 0 aliphatic rings. The smallest absolute Gasteiger partial charge is 0.308 e. The molecular weight excluding hydrogens is 338 g/mol. The Morgan fingerprint density at radius 3 is 2.19 bits per heavy atom. The summed E-state index contributed by atoms with van der Waals surface area (Å²) in [5.74, 6) is -0.512. The maximum Gasteiger partial charge on any atom is 0.308 e. The van der Waals surface area contributed by atoms with Crippen LogP contribution in [-0.2, 0) is 19.0 Å². The molecule has 0 unspecified atom stereocenters. The first-order valence-corrected chi connectivity index (χ1v) is 8.52. The van der Waals surface area contributed by atoms with Crippen LogP contribution in [-0.4, -0.2) is 56.7 Å². The molecule has 0 aromatic heterocycles. The first-order chi connectivity index (χ1) is 12.3. The Hall–Kier alpha value is -2.25. The van der Waals surface area contributed by atoms with Crippen LogP contribution in [0.4, 0.5) is 0 Å². The van der Waals surface area contributed by atoms with Crippen molar-refractivity contribution in [3.05, 3.63) is 35.4 Å². The summed E-state index contributed by atoms with van der Waals surface area (Å²) in [6, 6.07) is 6.37. The van der Waals surface area contributed by atoms with Gasteiger partial charge in [0.15, 0.2) is 0 Å². The van der Waals surface area contributed by atoms with E-state index in [0.717, 1.165) is 6.29 Å². The number of rotatable bonds is 11. The average Bonchev–Trinajstić information content (AvgIpc) is 2.58. The molecule has 144 valence electrons. The zero-order valence-electron chi connectivity index (χ0n) is 15.6. The predicted octanol–water partition coefficient (Wildman–Crippen LogP) is 1.99. The molecule has 0 saturated carbocycles. The number of hydrogen-bond donors (Lipinski definition) is 1. The number of esters is 1. The lowest BCUT2D eigenvalue weighted by Gasteiger charge is -2.19. The quantitative estimate of drug-likeness (QED) is 0.366. The molecule has 1 amide bonds. The Morgan fingerprint density at radius 1 is 1.00 bits per heavy atom. The highest BCUT2D eigenvalue weighted by molar-refractivity contribution is 5.94. The molecule has 1 aromatic carbocycles. The molecule has 0 spiro atoms. The Balaban J connectivity index is 2.01. The summed E-state index contributed by atoms with van der Waals surface area (Å²) < 4.78 is 15.8. The number of hydrogen-bond acceptors (Lipinski definition) is 6. The SMILES string of the molecule is CC(C)(C)OC(=O)CCOCCOCCNC(=O)c1ccc(C=O)cc1. The van der Waals surface area contributed by atoms with Crippen molar-refractivity contribution >= 4 is 18.2 Å². The van der Waals surface area contributed by atoms with Gasteiger partial charge in [-0.15, -0.1) is 0 Å². The highest BCUT2D eigenvalue weighted by Gasteiger charge is 2.15. The summed E-state index contributed by atoms with van der Waals surface area (Å²) in [4.78, 5) is 33.9. The minimum atomic E-state index is -0.485. The van der Waals surface area contributed by atoms with Gasteiger partial charge in [0.1, 0.15) is 11.9 Å². The van der Waals surface area contributed by atoms with Gasteiger partial charge in [-0.2, -0.15) is 0 Å². The van der Waals surface area contributed by atoms with E-state index in [0.29, 0.717) is 37.5 Å². The van der Waals surface area contributed by atoms with Gasteiger partial charge in [0, 0.05) is 17.7 Å². The largest absolute Gasteiger partial charge is 0.460 e. The van der Waals surface area contributed by atoms with Gasteiger partial charge in [0.25, 0.3) is 5.91 Å². The second-order valence-electron chi connectivity index (χ2n) is 6.56. The maximum atomic E-state index is 11.9. The fourth-order valence-electron chi connectivity index (χ4n) is 1.92. The van der Waals surface area contributed by atoms with Crippen LogP contribution in [0.5, 0.6) is 0 Å². The third kappa shape index (κ3) is 9.90. The van der Waals surface area contributed by atoms with E-state index in [1.54, 1.807) is 24.3 Å². The van der Waals surface area contributed by atoms with Crippen molar-refractivity contribution < 1.29 is 28.6 Å². The minimum absolute atomic E-state index is 0.205. The number of amides is 1. The minimum Gasteiger partial charge on any atom is -0.460 e. The van der Waals surface area contributed by atoms with E-state index in [2.05, 4.69) is 5.32 Å². The molecule has 7 heteroatoms. The van der Waals surface area contributed by atoms with E-state index in [1.165, 1.54) is 0 Å². The van der Waals surface area contributed by atoms with Crippen molar-refractivity contribution in [3.8, 4) is 0 Å². The van der Waals surface area contributed by atoms with Gasteiger partial charge in [-0.05, 0) is 32.9 Å². The molecule has 0 fully saturated rings. The number of ether oxygens (including phenoxy) is 3. The number of nitrogens with one attached hydrogen (secondary N) is 1. The Morgan fingerprint density at radius 2 is 1.62 bits per heavy atom. The molecule has 1 aromatic rings. The van der Waals surface area contributed by atoms with Crippen molar-refractivity contribution in [2.24, 2.45) is 0 Å². The number of carbonyl (C=O) groups excluding carboxylic acids is 3. The lowest BCUT2D eigenvalue weighted by atomic mass is 10.1. The van der Waals surface area contributed by atoms with Gasteiger partial charge < -0.3 is 19.5 Å². The summed E-state index contributed by atoms with van der Waals surface area (Å²) in [5.41, 5.74) is 0.527. The van der Waals surface area contributed by atoms with Gasteiger partial charge in [-0.3, -0.25) is 14.4 Å². The highest BCUT2D eigenvalue weighted by Crippen LogP contribution is 2.08. The molecule has 0 heterocycles. The van der Waals surface area contributed by atoms with E-state index in [4.69, 9.17) is 14.2 Å². The van der Waals surface area contributed by atoms with E-state index in [-0.39, 0.29) is 24.9 Å². The van der Waals surface area contributed by atoms with Gasteiger partial charge in [-0.25, -0.2) is 0 Å². The molecule has 0 aliphatic carbocycles. The van der Waals surface area contributed by atoms with Crippen molar-refractivity contribution in [3.63, 3.8) is 0 Å². The molecule has 0 aliphatic heterocycles. The molecule has 7 nitrogen and oxygen atoms in total. The number of carbonyl (C=O) groups is 3. The average molecular weight is 365 g/mol. The van der Waals surface area contributed by atoms with Crippen LogP contribution >= 0.6 is 0 Å². The first kappa shape index (κ1) is 21.8. The van der Waals surface area contributed by atoms with Crippen molar-refractivity contribution in [2.45, 2.75) is 32.8 Å². The fourth-order valence-corrected chi connectivity index (χ4v) is 1.92. The van der Waals surface area contributed by atoms with Crippen LogP contribution in [0.3, 0.4) is 0 Å². The molecule has 0 bridgehead atoms. The lowest BCUT2D eigenvalue weighted by Crippen LogP contribution is -2.27. The summed E-state index contributed by atoms with van der Waals surface area (Å²) in [6.45, 7) is 7.20. The van der Waals surface area contributed by atoms with Crippen molar-refractivity contribution in [1.29, 1.82) is 0 Å². The summed E-state index contributed by atoms with van der Waals surface area (Å²) in [5, 5.41) is 2.72. The van der Waals surface area contributed by atoms with E-state index >= 15 is 0 Å². The Labute approximate surface area is 154 Å². The molecule has 0 saturated heterocycles. The molecular formula is C19H27NO6. The third-order valence-corrected chi connectivity index (χ3v) is 3.08. The number of aldehydes is 1. The van der Waals surface area contributed by atoms with Crippen LogP contribution in [0, 0.1) is 0 Å². The van der Waals surface area contributed by atoms with Crippen LogP contribution in [0.1, 0.15) is 47.9 Å². The van der Waals surface area contributed by atoms with Crippen LogP contribution in [0.25, 0.3) is 0 Å². The van der Waals surface area contributed by atoms with Crippen molar-refractivity contribution in [1.82, 2.24) is 5.32 Å². The zero-order valence-corrected chi connectivity index (χ0v) is 15.6. The highest BCUT2D eigenvalue weighted by atomic mass is 16.6. The van der Waals surface area contributed by atoms with Gasteiger partial charge in [0.05, 0.1) is 32.8 Å². The van der Waals surface area contributed by atoms with Crippen LogP contribution < -0.4 is 5.32 Å². The number of benzene rings is 1. The maximum absolute atomic E-state index is 11.9. The van der Waals surface area contributed by atoms with Gasteiger partial charge >= 0.3 is 5.97 Å². The molecule has 26 heavy (non-hydrogen) atoms. The second-order valence-corrected chi connectivity index (χ2v) is 6.56. The van der Waals surface area contributed by atoms with Crippen LogP contribution in [0.15, 0.2) is 24.3 Å². The van der Waals surface area contributed by atoms with E-state index in [9.17, 15) is 14.4 Å². The predicted molar refractivity (Wildman–Crippen MR) is 96.3 cm³/mol. The van der Waals surface area contributed by atoms with Gasteiger partial charge in [0.2, 0.25) is 0 Å². The normalized spacial score (nSPS) is 11.0. The zero-order chi connectivity index (χ0) is 19.4. The molecule has 0 radical (unpaired) electrons. The molecule has 0 atom stereocenters. The topological polar surface area (TPSA) is 90.9 Å². The summed E-state index contributed by atoms with van der Waals surface area (Å²) in [7, 11) is 0. The summed E-state index contributed by atoms with van der Waals surface area (Å²) >= 11 is 0. The van der Waals surface area contributed by atoms with Crippen LogP contribution in [0.2, 0.25) is 0 Å². The van der Waals surface area contributed by atoms with Crippen molar-refractivity contribution in [2.75, 3.05) is 33.0 Å². The molecule has 1 N–H and O–H groups in total. The second kappa shape index (κ2) is 11.4. The Kier molecular flexibility index (Phi) is 9.54. The fraction of sp³-hybridized carbons (Fsp3) is 0.526. The molecule has 1 rings (SSSR count). The third-order valence-electron chi connectivity index (χ3n) is 3.08. The van der Waals surface area contributed by atoms with E-state index in [1.807, 2.05) is 20.8 Å². The lowest BCUT2D eigenvalue weighted by molar-refractivity contribution is -0.156. The summed E-state index contributed by atoms with van der Waals surface area (Å²) in [6.07, 6.45) is 0.932. The first-order valence-electron chi connectivity index (χ1n) is 8.52. The standard InChI is InChI=1S/C19H27NO6/c1-19(2,3)26-17(22)8-10-24-12-13-25-11-9-20-18(23)16-6-4-15(14-21)5-7-16/h4-7,14H,8-13H2,1-3H3,(H,20,23). The van der Waals surface area contributed by atoms with E-state index < -0.39 is 5.60 Å². The Bertz CT molecular complexity index is 577.